The van der Waals surface area contributed by atoms with Crippen LogP contribution in [0.1, 0.15) is 12.8 Å². The largest absolute Gasteiger partial charge is 0.330 e. The highest BCUT2D eigenvalue weighted by molar-refractivity contribution is 7.90. The molecule has 20 heavy (non-hydrogen) atoms. The molecule has 5 nitrogen and oxygen atoms in total. The number of benzene rings is 1. The Balaban J connectivity index is 2.17. The van der Waals surface area contributed by atoms with Gasteiger partial charge in [-0.1, -0.05) is 12.1 Å². The van der Waals surface area contributed by atoms with E-state index < -0.39 is 16.0 Å². The average Bonchev–Trinajstić information content (AvgIpc) is 2.47. The minimum atomic E-state index is -3.68. The molecule has 7 heteroatoms. The summed E-state index contributed by atoms with van der Waals surface area (Å²) in [7, 11) is -2.31. The summed E-state index contributed by atoms with van der Waals surface area (Å²) in [5.41, 5.74) is 5.66. The molecule has 1 aliphatic rings. The van der Waals surface area contributed by atoms with Crippen molar-refractivity contribution in [3.63, 3.8) is 0 Å². The lowest BCUT2D eigenvalue weighted by molar-refractivity contribution is 0.278. The van der Waals surface area contributed by atoms with Crippen molar-refractivity contribution in [2.45, 2.75) is 12.8 Å². The molecule has 2 N–H and O–H groups in total. The lowest BCUT2D eigenvalue weighted by Gasteiger charge is -2.34. The number of hydrogen-bond donors (Lipinski definition) is 1. The molecule has 0 spiro atoms. The Morgan fingerprint density at radius 2 is 1.95 bits per heavy atom. The quantitative estimate of drug-likeness (QED) is 0.908. The van der Waals surface area contributed by atoms with Gasteiger partial charge in [0.2, 0.25) is 0 Å². The normalized spacial score (nSPS) is 18.1. The van der Waals surface area contributed by atoms with Crippen LogP contribution in [0.25, 0.3) is 0 Å². The van der Waals surface area contributed by atoms with Gasteiger partial charge in [-0.05, 0) is 37.4 Å². The fourth-order valence-corrected chi connectivity index (χ4v) is 3.80. The first kappa shape index (κ1) is 15.2. The molecule has 1 heterocycles. The number of halogens is 1. The van der Waals surface area contributed by atoms with Gasteiger partial charge in [0.05, 0.1) is 5.69 Å². The van der Waals surface area contributed by atoms with E-state index in [0.29, 0.717) is 25.6 Å². The zero-order chi connectivity index (χ0) is 14.8. The topological polar surface area (TPSA) is 66.6 Å². The SMILES string of the molecule is CN(c1ccccc1F)S(=O)(=O)N1CCC(CN)CC1. The standard InChI is InChI=1S/C13H20FN3O2S/c1-16(13-5-3-2-4-12(13)14)20(18,19)17-8-6-11(10-15)7-9-17/h2-5,11H,6-10,15H2,1H3. The van der Waals surface area contributed by atoms with E-state index in [1.807, 2.05) is 0 Å². The van der Waals surface area contributed by atoms with Gasteiger partial charge in [0.25, 0.3) is 0 Å². The van der Waals surface area contributed by atoms with E-state index in [2.05, 4.69) is 0 Å². The molecule has 0 amide bonds. The van der Waals surface area contributed by atoms with Gasteiger partial charge >= 0.3 is 10.2 Å². The van der Waals surface area contributed by atoms with Crippen molar-refractivity contribution in [2.75, 3.05) is 31.0 Å². The van der Waals surface area contributed by atoms with Crippen LogP contribution in [0.15, 0.2) is 24.3 Å². The van der Waals surface area contributed by atoms with Crippen LogP contribution in [-0.2, 0) is 10.2 Å². The Morgan fingerprint density at radius 3 is 2.50 bits per heavy atom. The molecular formula is C13H20FN3O2S. The molecule has 1 fully saturated rings. The number of hydrogen-bond acceptors (Lipinski definition) is 3. The zero-order valence-electron chi connectivity index (χ0n) is 11.5. The second-order valence-corrected chi connectivity index (χ2v) is 6.96. The van der Waals surface area contributed by atoms with Gasteiger partial charge in [-0.15, -0.1) is 0 Å². The van der Waals surface area contributed by atoms with Gasteiger partial charge in [-0.3, -0.25) is 4.31 Å². The Labute approximate surface area is 119 Å². The minimum Gasteiger partial charge on any atom is -0.330 e. The lowest BCUT2D eigenvalue weighted by atomic mass is 9.99. The van der Waals surface area contributed by atoms with Gasteiger partial charge in [0.1, 0.15) is 5.82 Å². The second kappa shape index (κ2) is 6.07. The van der Waals surface area contributed by atoms with E-state index in [4.69, 9.17) is 5.73 Å². The molecule has 0 bridgehead atoms. The van der Waals surface area contributed by atoms with Crippen LogP contribution in [0.3, 0.4) is 0 Å². The number of nitrogens with zero attached hydrogens (tertiary/aromatic N) is 2. The summed E-state index contributed by atoms with van der Waals surface area (Å²) in [6.45, 7) is 1.45. The molecule has 0 atom stereocenters. The lowest BCUT2D eigenvalue weighted by Crippen LogP contribution is -2.46. The number of anilines is 1. The van der Waals surface area contributed by atoms with Crippen molar-refractivity contribution in [1.29, 1.82) is 0 Å². The molecule has 1 aliphatic heterocycles. The molecule has 0 aliphatic carbocycles. The Morgan fingerprint density at radius 1 is 1.35 bits per heavy atom. The predicted octanol–water partition coefficient (Wildman–Crippen LogP) is 1.18. The second-order valence-electron chi connectivity index (χ2n) is 5.00. The van der Waals surface area contributed by atoms with E-state index in [1.165, 1.54) is 29.6 Å². The van der Waals surface area contributed by atoms with E-state index in [1.54, 1.807) is 6.07 Å². The molecule has 0 saturated carbocycles. The smallest absolute Gasteiger partial charge is 0.303 e. The Hall–Kier alpha value is -1.18. The number of para-hydroxylation sites is 1. The van der Waals surface area contributed by atoms with Crippen molar-refractivity contribution in [3.05, 3.63) is 30.1 Å². The minimum absolute atomic E-state index is 0.0634. The maximum atomic E-state index is 13.7. The molecule has 112 valence electrons. The van der Waals surface area contributed by atoms with Gasteiger partial charge in [-0.2, -0.15) is 12.7 Å². The summed E-state index contributed by atoms with van der Waals surface area (Å²) >= 11 is 0. The van der Waals surface area contributed by atoms with Gasteiger partial charge < -0.3 is 5.73 Å². The predicted molar refractivity (Wildman–Crippen MR) is 77.1 cm³/mol. The highest BCUT2D eigenvalue weighted by Gasteiger charge is 2.31. The zero-order valence-corrected chi connectivity index (χ0v) is 12.3. The van der Waals surface area contributed by atoms with Crippen molar-refractivity contribution >= 4 is 15.9 Å². The first-order valence-corrected chi connectivity index (χ1v) is 8.05. The molecule has 0 unspecified atom stereocenters. The summed E-state index contributed by atoms with van der Waals surface area (Å²) < 4.78 is 41.1. The van der Waals surface area contributed by atoms with Crippen molar-refractivity contribution in [3.8, 4) is 0 Å². The average molecular weight is 301 g/mol. The van der Waals surface area contributed by atoms with Crippen molar-refractivity contribution in [2.24, 2.45) is 11.7 Å². The maximum absolute atomic E-state index is 13.7. The number of rotatable bonds is 4. The third-order valence-corrected chi connectivity index (χ3v) is 5.68. The van der Waals surface area contributed by atoms with Gasteiger partial charge in [0, 0.05) is 20.1 Å². The van der Waals surface area contributed by atoms with Crippen LogP contribution in [0.2, 0.25) is 0 Å². The molecule has 0 aromatic heterocycles. The monoisotopic (exact) mass is 301 g/mol. The summed E-state index contributed by atoms with van der Waals surface area (Å²) in [5.74, 6) is -0.171. The van der Waals surface area contributed by atoms with Gasteiger partial charge in [0.15, 0.2) is 0 Å². The van der Waals surface area contributed by atoms with E-state index in [0.717, 1.165) is 17.1 Å². The Bertz CT molecular complexity index is 556. The van der Waals surface area contributed by atoms with Crippen LogP contribution in [0.5, 0.6) is 0 Å². The highest BCUT2D eigenvalue weighted by atomic mass is 32.2. The van der Waals surface area contributed by atoms with Crippen LogP contribution in [0, 0.1) is 11.7 Å². The third kappa shape index (κ3) is 2.94. The molecule has 0 radical (unpaired) electrons. The maximum Gasteiger partial charge on any atom is 0.303 e. The fraction of sp³-hybridized carbons (Fsp3) is 0.538. The molecule has 2 rings (SSSR count). The van der Waals surface area contributed by atoms with E-state index in [-0.39, 0.29) is 5.69 Å². The molecule has 1 saturated heterocycles. The van der Waals surface area contributed by atoms with E-state index in [9.17, 15) is 12.8 Å². The van der Waals surface area contributed by atoms with Crippen LogP contribution >= 0.6 is 0 Å². The number of nitrogens with two attached hydrogens (primary N) is 1. The fourth-order valence-electron chi connectivity index (χ4n) is 2.38. The summed E-state index contributed by atoms with van der Waals surface area (Å²) in [6.07, 6.45) is 1.50. The first-order valence-electron chi connectivity index (χ1n) is 6.65. The van der Waals surface area contributed by atoms with Crippen LogP contribution < -0.4 is 10.0 Å². The molecular weight excluding hydrogens is 281 g/mol. The summed E-state index contributed by atoms with van der Waals surface area (Å²) in [6, 6.07) is 5.86. The van der Waals surface area contributed by atoms with Crippen LogP contribution in [0.4, 0.5) is 10.1 Å². The summed E-state index contributed by atoms with van der Waals surface area (Å²) in [4.78, 5) is 0. The van der Waals surface area contributed by atoms with Crippen molar-refractivity contribution in [1.82, 2.24) is 4.31 Å². The van der Waals surface area contributed by atoms with Crippen LogP contribution in [-0.4, -0.2) is 39.4 Å². The highest BCUT2D eigenvalue weighted by Crippen LogP contribution is 2.25. The van der Waals surface area contributed by atoms with Crippen molar-refractivity contribution < 1.29 is 12.8 Å². The molecule has 1 aromatic rings. The summed E-state index contributed by atoms with van der Waals surface area (Å²) in [5, 5.41) is 0. The number of piperidine rings is 1. The first-order chi connectivity index (χ1) is 9.46. The third-order valence-electron chi connectivity index (χ3n) is 3.77. The molecule has 1 aromatic carbocycles. The van der Waals surface area contributed by atoms with E-state index >= 15 is 0 Å². The van der Waals surface area contributed by atoms with Gasteiger partial charge in [-0.25, -0.2) is 4.39 Å². The Kier molecular flexibility index (Phi) is 4.62.